The first-order valence-corrected chi connectivity index (χ1v) is 14.6. The molecule has 0 spiro atoms. The molecule has 1 aromatic heterocycles. The van der Waals surface area contributed by atoms with Gasteiger partial charge in [-0.1, -0.05) is 75.6 Å². The van der Waals surface area contributed by atoms with Crippen LogP contribution in [0.15, 0.2) is 66.7 Å². The van der Waals surface area contributed by atoms with Crippen LogP contribution in [0, 0.1) is 0 Å². The van der Waals surface area contributed by atoms with Crippen LogP contribution in [-0.2, 0) is 17.7 Å². The zero-order chi connectivity index (χ0) is 28.5. The lowest BCUT2D eigenvalue weighted by Gasteiger charge is -2.19. The SMILES string of the molecule is CCCCCNc1ccc2nc(CCCC)n(Cc3ccc(-c4ccccc4OC(=O)OC(C)(C)C)cc3)c2c1. The van der Waals surface area contributed by atoms with Crippen molar-refractivity contribution >= 4 is 22.9 Å². The number of aryl methyl sites for hydroxylation is 1. The van der Waals surface area contributed by atoms with E-state index in [2.05, 4.69) is 66.2 Å². The van der Waals surface area contributed by atoms with Crippen LogP contribution < -0.4 is 10.1 Å². The molecule has 0 radical (unpaired) electrons. The molecule has 212 valence electrons. The van der Waals surface area contributed by atoms with Gasteiger partial charge in [0.05, 0.1) is 11.0 Å². The fraction of sp³-hybridized carbons (Fsp3) is 0.412. The standard InChI is InChI=1S/C34H43N3O3/c1-6-8-12-22-35-27-20-21-29-30(23-27)37(32(36-29)15-9-7-2)24-25-16-18-26(19-17-25)28-13-10-11-14-31(28)39-33(38)40-34(3,4)5/h10-11,13-14,16-21,23,35H,6-9,12,15,22,24H2,1-5H3. The molecule has 0 aliphatic heterocycles. The van der Waals surface area contributed by atoms with Gasteiger partial charge in [-0.3, -0.25) is 0 Å². The molecule has 0 saturated carbocycles. The number of aromatic nitrogens is 2. The topological polar surface area (TPSA) is 65.4 Å². The van der Waals surface area contributed by atoms with Crippen molar-refractivity contribution in [2.24, 2.45) is 0 Å². The van der Waals surface area contributed by atoms with Crippen molar-refractivity contribution in [1.29, 1.82) is 0 Å². The molecule has 1 heterocycles. The molecule has 6 heteroatoms. The minimum Gasteiger partial charge on any atom is -0.428 e. The number of unbranched alkanes of at least 4 members (excludes halogenated alkanes) is 3. The van der Waals surface area contributed by atoms with Gasteiger partial charge in [-0.05, 0) is 69.0 Å². The van der Waals surface area contributed by atoms with Crippen molar-refractivity contribution < 1.29 is 14.3 Å². The summed E-state index contributed by atoms with van der Waals surface area (Å²) in [6.07, 6.45) is 6.12. The van der Waals surface area contributed by atoms with Crippen molar-refractivity contribution in [2.75, 3.05) is 11.9 Å². The zero-order valence-electron chi connectivity index (χ0n) is 24.6. The molecule has 1 N–H and O–H groups in total. The van der Waals surface area contributed by atoms with Crippen LogP contribution in [-0.4, -0.2) is 27.9 Å². The molecule has 0 unspecified atom stereocenters. The average Bonchev–Trinajstić information content (AvgIpc) is 3.26. The maximum absolute atomic E-state index is 12.3. The van der Waals surface area contributed by atoms with Gasteiger partial charge >= 0.3 is 6.16 Å². The third-order valence-corrected chi connectivity index (χ3v) is 6.77. The lowest BCUT2D eigenvalue weighted by atomic mass is 10.0. The number of carbonyl (C=O) groups excluding carboxylic acids is 1. The van der Waals surface area contributed by atoms with E-state index in [0.717, 1.165) is 66.0 Å². The number of fused-ring (bicyclic) bond motifs is 1. The summed E-state index contributed by atoms with van der Waals surface area (Å²) in [5, 5.41) is 3.59. The van der Waals surface area contributed by atoms with Gasteiger partial charge in [0.25, 0.3) is 0 Å². The van der Waals surface area contributed by atoms with Crippen LogP contribution in [0.4, 0.5) is 10.5 Å². The highest BCUT2D eigenvalue weighted by Gasteiger charge is 2.19. The van der Waals surface area contributed by atoms with E-state index in [1.54, 1.807) is 6.07 Å². The molecule has 0 aliphatic rings. The molecule has 4 aromatic rings. The number of para-hydroxylation sites is 1. The van der Waals surface area contributed by atoms with E-state index in [1.165, 1.54) is 24.8 Å². The van der Waals surface area contributed by atoms with E-state index >= 15 is 0 Å². The van der Waals surface area contributed by atoms with Crippen LogP contribution >= 0.6 is 0 Å². The van der Waals surface area contributed by atoms with E-state index in [0.29, 0.717) is 5.75 Å². The maximum atomic E-state index is 12.3. The maximum Gasteiger partial charge on any atom is 0.514 e. The van der Waals surface area contributed by atoms with E-state index in [1.807, 2.05) is 39.0 Å². The molecule has 4 rings (SSSR count). The van der Waals surface area contributed by atoms with Gasteiger partial charge in [-0.2, -0.15) is 0 Å². The van der Waals surface area contributed by atoms with Gasteiger partial charge < -0.3 is 19.4 Å². The zero-order valence-corrected chi connectivity index (χ0v) is 24.6. The van der Waals surface area contributed by atoms with Gasteiger partial charge in [-0.15, -0.1) is 0 Å². The Morgan fingerprint density at radius 3 is 2.40 bits per heavy atom. The molecule has 0 bridgehead atoms. The Morgan fingerprint density at radius 1 is 0.925 bits per heavy atom. The quantitative estimate of drug-likeness (QED) is 0.110. The normalized spacial score (nSPS) is 11.5. The Morgan fingerprint density at radius 2 is 1.68 bits per heavy atom. The largest absolute Gasteiger partial charge is 0.514 e. The highest BCUT2D eigenvalue weighted by atomic mass is 16.7. The van der Waals surface area contributed by atoms with E-state index in [4.69, 9.17) is 14.5 Å². The first-order chi connectivity index (χ1) is 19.3. The first kappa shape index (κ1) is 29.2. The molecule has 0 atom stereocenters. The Hall–Kier alpha value is -3.80. The Bertz CT molecular complexity index is 1400. The van der Waals surface area contributed by atoms with Crippen molar-refractivity contribution in [2.45, 2.75) is 85.3 Å². The predicted octanol–water partition coefficient (Wildman–Crippen LogP) is 9.01. The number of carbonyl (C=O) groups is 1. The molecule has 0 aliphatic carbocycles. The summed E-state index contributed by atoms with van der Waals surface area (Å²) in [6.45, 7) is 11.6. The van der Waals surface area contributed by atoms with Gasteiger partial charge in [-0.25, -0.2) is 9.78 Å². The minimum atomic E-state index is -0.706. The number of ether oxygens (including phenoxy) is 2. The number of anilines is 1. The highest BCUT2D eigenvalue weighted by Crippen LogP contribution is 2.31. The number of nitrogens with zero attached hydrogens (tertiary/aromatic N) is 2. The number of imidazole rings is 1. The molecule has 0 fully saturated rings. The first-order valence-electron chi connectivity index (χ1n) is 14.6. The minimum absolute atomic E-state index is 0.478. The van der Waals surface area contributed by atoms with Gasteiger partial charge in [0.1, 0.15) is 17.2 Å². The second-order valence-electron chi connectivity index (χ2n) is 11.3. The third kappa shape index (κ3) is 7.87. The molecule has 3 aromatic carbocycles. The van der Waals surface area contributed by atoms with Crippen molar-refractivity contribution in [3.05, 3.63) is 78.1 Å². The van der Waals surface area contributed by atoms with E-state index < -0.39 is 11.8 Å². The van der Waals surface area contributed by atoms with Gasteiger partial charge in [0.2, 0.25) is 0 Å². The molecule has 6 nitrogen and oxygen atoms in total. The van der Waals surface area contributed by atoms with Crippen LogP contribution in [0.25, 0.3) is 22.2 Å². The fourth-order valence-corrected chi connectivity index (χ4v) is 4.72. The van der Waals surface area contributed by atoms with E-state index in [-0.39, 0.29) is 0 Å². The van der Waals surface area contributed by atoms with Crippen molar-refractivity contribution in [1.82, 2.24) is 9.55 Å². The summed E-state index contributed by atoms with van der Waals surface area (Å²) in [5.74, 6) is 1.60. The number of hydrogen-bond donors (Lipinski definition) is 1. The number of rotatable bonds is 12. The number of nitrogens with one attached hydrogen (secondary N) is 1. The second kappa shape index (κ2) is 13.5. The lowest BCUT2D eigenvalue weighted by molar-refractivity contribution is 0.0207. The van der Waals surface area contributed by atoms with Crippen LogP contribution in [0.1, 0.15) is 78.1 Å². The van der Waals surface area contributed by atoms with Crippen molar-refractivity contribution in [3.63, 3.8) is 0 Å². The summed E-state index contributed by atoms with van der Waals surface area (Å²) in [7, 11) is 0. The number of benzene rings is 3. The molecule has 40 heavy (non-hydrogen) atoms. The summed E-state index contributed by atoms with van der Waals surface area (Å²) in [6, 6.07) is 22.5. The predicted molar refractivity (Wildman–Crippen MR) is 164 cm³/mol. The summed E-state index contributed by atoms with van der Waals surface area (Å²) < 4.78 is 13.3. The van der Waals surface area contributed by atoms with Gasteiger partial charge in [0, 0.05) is 30.8 Å². The van der Waals surface area contributed by atoms with Gasteiger partial charge in [0.15, 0.2) is 0 Å². The number of hydrogen-bond acceptors (Lipinski definition) is 5. The van der Waals surface area contributed by atoms with Crippen LogP contribution in [0.2, 0.25) is 0 Å². The Labute approximate surface area is 238 Å². The smallest absolute Gasteiger partial charge is 0.428 e. The Kier molecular flexibility index (Phi) is 9.86. The fourth-order valence-electron chi connectivity index (χ4n) is 4.72. The van der Waals surface area contributed by atoms with Crippen molar-refractivity contribution in [3.8, 4) is 16.9 Å². The summed E-state index contributed by atoms with van der Waals surface area (Å²) in [5.41, 5.74) is 5.73. The monoisotopic (exact) mass is 541 g/mol. The molecular weight excluding hydrogens is 498 g/mol. The van der Waals surface area contributed by atoms with Crippen LogP contribution in [0.5, 0.6) is 5.75 Å². The highest BCUT2D eigenvalue weighted by molar-refractivity contribution is 5.80. The average molecular weight is 542 g/mol. The van der Waals surface area contributed by atoms with E-state index in [9.17, 15) is 4.79 Å². The lowest BCUT2D eigenvalue weighted by Crippen LogP contribution is -2.26. The Balaban J connectivity index is 1.57. The third-order valence-electron chi connectivity index (χ3n) is 6.77. The van der Waals surface area contributed by atoms with Crippen LogP contribution in [0.3, 0.4) is 0 Å². The molecule has 0 amide bonds. The summed E-state index contributed by atoms with van der Waals surface area (Å²) >= 11 is 0. The molecular formula is C34H43N3O3. The second-order valence-corrected chi connectivity index (χ2v) is 11.3. The molecule has 0 saturated heterocycles. The summed E-state index contributed by atoms with van der Waals surface area (Å²) in [4.78, 5) is 17.3.